The maximum Gasteiger partial charge on any atom is 0.343 e. The van der Waals surface area contributed by atoms with E-state index < -0.39 is 17.1 Å². The van der Waals surface area contributed by atoms with Crippen molar-refractivity contribution in [3.05, 3.63) is 97.3 Å². The molecule has 0 spiro atoms. The van der Waals surface area contributed by atoms with E-state index in [-0.39, 0.29) is 29.4 Å². The highest BCUT2D eigenvalue weighted by atomic mass is 79.9. The fourth-order valence-electron chi connectivity index (χ4n) is 3.14. The fraction of sp³-hybridized carbons (Fsp3) is 0.0800. The number of amides is 2. The van der Waals surface area contributed by atoms with E-state index in [2.05, 4.69) is 15.9 Å². The second-order valence-corrected chi connectivity index (χ2v) is 9.95. The number of hydrogen-bond donors (Lipinski definition) is 0. The van der Waals surface area contributed by atoms with Crippen LogP contribution in [0.15, 0.2) is 76.1 Å². The van der Waals surface area contributed by atoms with Gasteiger partial charge in [0.25, 0.3) is 11.1 Å². The third-order valence-electron chi connectivity index (χ3n) is 4.80. The summed E-state index contributed by atoms with van der Waals surface area (Å²) < 4.78 is 11.9. The summed E-state index contributed by atoms with van der Waals surface area (Å²) in [7, 11) is 0. The number of imide groups is 1. The standard InChI is InChI=1S/C25H16BrCl2NO5S/c26-17-8-9-20(34-24(31)15-4-3-5-18(27)13-15)16(12-17)14-22-23(30)29(25(32)35-22)10-11-33-21-7-2-1-6-19(21)28/h1-9,12-14H,10-11H2/b22-14-. The predicted octanol–water partition coefficient (Wildman–Crippen LogP) is 7.09. The molecule has 1 heterocycles. The van der Waals surface area contributed by atoms with E-state index >= 15 is 0 Å². The van der Waals surface area contributed by atoms with Crippen molar-refractivity contribution in [1.29, 1.82) is 0 Å². The second-order valence-electron chi connectivity index (χ2n) is 7.19. The van der Waals surface area contributed by atoms with Gasteiger partial charge in [-0.05, 0) is 66.4 Å². The monoisotopic (exact) mass is 591 g/mol. The van der Waals surface area contributed by atoms with Crippen LogP contribution in [0, 0.1) is 0 Å². The van der Waals surface area contributed by atoms with E-state index in [4.69, 9.17) is 32.7 Å². The predicted molar refractivity (Wildman–Crippen MR) is 140 cm³/mol. The van der Waals surface area contributed by atoms with Crippen LogP contribution in [-0.4, -0.2) is 35.2 Å². The van der Waals surface area contributed by atoms with Gasteiger partial charge < -0.3 is 9.47 Å². The molecule has 178 valence electrons. The van der Waals surface area contributed by atoms with Gasteiger partial charge in [-0.15, -0.1) is 0 Å². The van der Waals surface area contributed by atoms with E-state index in [1.54, 1.807) is 60.7 Å². The van der Waals surface area contributed by atoms with Crippen LogP contribution in [0.3, 0.4) is 0 Å². The van der Waals surface area contributed by atoms with Gasteiger partial charge in [0, 0.05) is 15.1 Å². The number of carbonyl (C=O) groups is 3. The summed E-state index contributed by atoms with van der Waals surface area (Å²) in [6, 6.07) is 18.3. The number of hydrogen-bond acceptors (Lipinski definition) is 6. The molecule has 0 radical (unpaired) electrons. The molecule has 2 amide bonds. The lowest BCUT2D eigenvalue weighted by Crippen LogP contribution is -2.32. The van der Waals surface area contributed by atoms with Gasteiger partial charge in [-0.3, -0.25) is 14.5 Å². The van der Waals surface area contributed by atoms with Crippen LogP contribution in [0.1, 0.15) is 15.9 Å². The number of thioether (sulfide) groups is 1. The largest absolute Gasteiger partial charge is 0.490 e. The molecule has 3 aromatic rings. The summed E-state index contributed by atoms with van der Waals surface area (Å²) in [6.07, 6.45) is 1.52. The van der Waals surface area contributed by atoms with Crippen molar-refractivity contribution in [3.63, 3.8) is 0 Å². The molecule has 0 aliphatic carbocycles. The maximum absolute atomic E-state index is 12.9. The van der Waals surface area contributed by atoms with Crippen LogP contribution in [0.5, 0.6) is 11.5 Å². The number of rotatable bonds is 7. The highest BCUT2D eigenvalue weighted by molar-refractivity contribution is 9.10. The number of para-hydroxylation sites is 1. The lowest BCUT2D eigenvalue weighted by molar-refractivity contribution is -0.123. The lowest BCUT2D eigenvalue weighted by atomic mass is 10.1. The van der Waals surface area contributed by atoms with Crippen molar-refractivity contribution in [2.45, 2.75) is 0 Å². The van der Waals surface area contributed by atoms with Gasteiger partial charge in [0.05, 0.1) is 22.0 Å². The average molecular weight is 593 g/mol. The molecular weight excluding hydrogens is 577 g/mol. The molecule has 0 atom stereocenters. The van der Waals surface area contributed by atoms with Crippen molar-refractivity contribution in [2.24, 2.45) is 0 Å². The van der Waals surface area contributed by atoms with Gasteiger partial charge in [0.1, 0.15) is 18.1 Å². The second kappa shape index (κ2) is 11.3. The summed E-state index contributed by atoms with van der Waals surface area (Å²) in [5.74, 6) is -0.367. The Morgan fingerprint density at radius 2 is 1.80 bits per heavy atom. The molecule has 0 saturated carbocycles. The van der Waals surface area contributed by atoms with Gasteiger partial charge in [-0.2, -0.15) is 0 Å². The highest BCUT2D eigenvalue weighted by Crippen LogP contribution is 2.35. The molecule has 0 bridgehead atoms. The summed E-state index contributed by atoms with van der Waals surface area (Å²) in [5, 5.41) is 0.426. The zero-order chi connectivity index (χ0) is 24.9. The Morgan fingerprint density at radius 1 is 1.00 bits per heavy atom. The number of halogens is 3. The van der Waals surface area contributed by atoms with Gasteiger partial charge in [-0.25, -0.2) is 4.79 Å². The van der Waals surface area contributed by atoms with Crippen LogP contribution >= 0.6 is 50.9 Å². The van der Waals surface area contributed by atoms with Gasteiger partial charge >= 0.3 is 5.97 Å². The van der Waals surface area contributed by atoms with Crippen molar-refractivity contribution in [1.82, 2.24) is 4.90 Å². The molecular formula is C25H16BrCl2NO5S. The van der Waals surface area contributed by atoms with Gasteiger partial charge in [0.15, 0.2) is 0 Å². The normalized spacial score (nSPS) is 14.5. The molecule has 1 fully saturated rings. The quantitative estimate of drug-likeness (QED) is 0.166. The average Bonchev–Trinajstić information content (AvgIpc) is 3.09. The minimum absolute atomic E-state index is 0.0579. The molecule has 1 saturated heterocycles. The third-order valence-corrected chi connectivity index (χ3v) is 6.75. The zero-order valence-corrected chi connectivity index (χ0v) is 21.8. The van der Waals surface area contributed by atoms with Crippen LogP contribution in [0.25, 0.3) is 6.08 Å². The Kier molecular flexibility index (Phi) is 8.18. The van der Waals surface area contributed by atoms with Crippen molar-refractivity contribution in [2.75, 3.05) is 13.2 Å². The summed E-state index contributed by atoms with van der Waals surface area (Å²) in [5.41, 5.74) is 0.734. The molecule has 6 nitrogen and oxygen atoms in total. The van der Waals surface area contributed by atoms with Crippen molar-refractivity contribution in [3.8, 4) is 11.5 Å². The van der Waals surface area contributed by atoms with E-state index in [9.17, 15) is 14.4 Å². The molecule has 1 aliphatic heterocycles. The molecule has 35 heavy (non-hydrogen) atoms. The first-order chi connectivity index (χ1) is 16.8. The SMILES string of the molecule is O=C(Oc1ccc(Br)cc1/C=C1\SC(=O)N(CCOc2ccccc2Cl)C1=O)c1cccc(Cl)c1. The Bertz CT molecular complexity index is 1350. The van der Waals surface area contributed by atoms with E-state index in [0.29, 0.717) is 25.8 Å². The van der Waals surface area contributed by atoms with Crippen LogP contribution in [0.2, 0.25) is 10.0 Å². The molecule has 1 aliphatic rings. The van der Waals surface area contributed by atoms with Crippen LogP contribution < -0.4 is 9.47 Å². The number of ether oxygens (including phenoxy) is 2. The van der Waals surface area contributed by atoms with Crippen LogP contribution in [0.4, 0.5) is 4.79 Å². The first kappa shape index (κ1) is 25.3. The first-order valence-electron chi connectivity index (χ1n) is 10.2. The molecule has 0 unspecified atom stereocenters. The number of carbonyl (C=O) groups excluding carboxylic acids is 3. The molecule has 0 aromatic heterocycles. The third kappa shape index (κ3) is 6.27. The Morgan fingerprint density at radius 3 is 2.57 bits per heavy atom. The van der Waals surface area contributed by atoms with E-state index in [1.807, 2.05) is 0 Å². The highest BCUT2D eigenvalue weighted by Gasteiger charge is 2.35. The Balaban J connectivity index is 1.49. The summed E-state index contributed by atoms with van der Waals surface area (Å²) in [6.45, 7) is 0.150. The number of esters is 1. The summed E-state index contributed by atoms with van der Waals surface area (Å²) >= 11 is 16.2. The minimum Gasteiger partial charge on any atom is -0.490 e. The fourth-order valence-corrected chi connectivity index (χ4v) is 4.76. The van der Waals surface area contributed by atoms with E-state index in [1.165, 1.54) is 12.1 Å². The van der Waals surface area contributed by atoms with E-state index in [0.717, 1.165) is 16.7 Å². The summed E-state index contributed by atoms with van der Waals surface area (Å²) in [4.78, 5) is 39.3. The Hall–Kier alpha value is -2.78. The lowest BCUT2D eigenvalue weighted by Gasteiger charge is -2.14. The number of nitrogens with zero attached hydrogens (tertiary/aromatic N) is 1. The molecule has 4 rings (SSSR count). The maximum atomic E-state index is 12.9. The topological polar surface area (TPSA) is 72.9 Å². The van der Waals surface area contributed by atoms with Gasteiger partial charge in [-0.1, -0.05) is 57.3 Å². The van der Waals surface area contributed by atoms with Crippen LogP contribution in [-0.2, 0) is 4.79 Å². The van der Waals surface area contributed by atoms with Gasteiger partial charge in [0.2, 0.25) is 0 Å². The van der Waals surface area contributed by atoms with Crippen molar-refractivity contribution >= 4 is 74.1 Å². The smallest absolute Gasteiger partial charge is 0.343 e. The van der Waals surface area contributed by atoms with Crippen molar-refractivity contribution < 1.29 is 23.9 Å². The molecule has 3 aromatic carbocycles. The minimum atomic E-state index is -0.603. The molecule has 0 N–H and O–H groups in total. The molecule has 10 heteroatoms. The zero-order valence-electron chi connectivity index (χ0n) is 17.9. The first-order valence-corrected chi connectivity index (χ1v) is 12.6. The Labute approximate surface area is 223 Å². The number of benzene rings is 3.